The summed E-state index contributed by atoms with van der Waals surface area (Å²) in [6.07, 6.45) is 1.67. The van der Waals surface area contributed by atoms with Crippen molar-refractivity contribution in [3.05, 3.63) is 54.6 Å². The Morgan fingerprint density at radius 3 is 2.20 bits per heavy atom. The second kappa shape index (κ2) is 5.93. The third kappa shape index (κ3) is 2.75. The largest absolute Gasteiger partial charge is 0.494 e. The average Bonchev–Trinajstić information content (AvgIpc) is 2.49. The highest BCUT2D eigenvalue weighted by atomic mass is 16.5. The lowest BCUT2D eigenvalue weighted by molar-refractivity contribution is 0.253. The maximum Gasteiger partial charge on any atom is 0.119 e. The third-order valence-corrected chi connectivity index (χ3v) is 3.50. The molecule has 0 amide bonds. The zero-order valence-corrected chi connectivity index (χ0v) is 11.4. The van der Waals surface area contributed by atoms with Gasteiger partial charge >= 0.3 is 0 Å². The molecule has 0 saturated carbocycles. The number of rotatable bonds is 5. The molecule has 20 heavy (non-hydrogen) atoms. The summed E-state index contributed by atoms with van der Waals surface area (Å²) >= 11 is 0. The maximum atomic E-state index is 8.75. The van der Waals surface area contributed by atoms with E-state index in [1.807, 2.05) is 6.07 Å². The van der Waals surface area contributed by atoms with E-state index in [1.54, 1.807) is 0 Å². The summed E-state index contributed by atoms with van der Waals surface area (Å²) in [4.78, 5) is 0. The molecular weight excluding hydrogens is 248 g/mol. The Hall–Kier alpha value is -2.06. The Morgan fingerprint density at radius 1 is 0.750 bits per heavy atom. The first kappa shape index (κ1) is 12.9. The van der Waals surface area contributed by atoms with Gasteiger partial charge in [0, 0.05) is 6.61 Å². The SMILES string of the molecule is OCCCCOc1ccc2cc3ccccc3cc2c1. The van der Waals surface area contributed by atoms with Crippen molar-refractivity contribution in [1.82, 2.24) is 0 Å². The highest BCUT2D eigenvalue weighted by Crippen LogP contribution is 2.26. The Bertz CT molecular complexity index is 719. The molecular formula is C18H18O2. The molecule has 0 saturated heterocycles. The minimum Gasteiger partial charge on any atom is -0.494 e. The van der Waals surface area contributed by atoms with Crippen LogP contribution in [0.5, 0.6) is 5.75 Å². The van der Waals surface area contributed by atoms with Crippen molar-refractivity contribution in [2.75, 3.05) is 13.2 Å². The van der Waals surface area contributed by atoms with Crippen LogP contribution in [0.15, 0.2) is 54.6 Å². The number of hydrogen-bond acceptors (Lipinski definition) is 2. The fourth-order valence-electron chi connectivity index (χ4n) is 2.41. The van der Waals surface area contributed by atoms with Crippen LogP contribution in [0.3, 0.4) is 0 Å². The van der Waals surface area contributed by atoms with Crippen molar-refractivity contribution in [2.45, 2.75) is 12.8 Å². The fraction of sp³-hybridized carbons (Fsp3) is 0.222. The molecule has 3 aromatic carbocycles. The normalized spacial score (nSPS) is 11.1. The second-order valence-corrected chi connectivity index (χ2v) is 4.99. The lowest BCUT2D eigenvalue weighted by atomic mass is 10.0. The van der Waals surface area contributed by atoms with Gasteiger partial charge in [0.25, 0.3) is 0 Å². The number of aliphatic hydroxyl groups is 1. The number of fused-ring (bicyclic) bond motifs is 2. The smallest absolute Gasteiger partial charge is 0.119 e. The maximum absolute atomic E-state index is 8.75. The minimum absolute atomic E-state index is 0.229. The van der Waals surface area contributed by atoms with Crippen LogP contribution >= 0.6 is 0 Å². The van der Waals surface area contributed by atoms with Crippen LogP contribution in [0.25, 0.3) is 21.5 Å². The first-order valence-electron chi connectivity index (χ1n) is 7.03. The summed E-state index contributed by atoms with van der Waals surface area (Å²) in [5, 5.41) is 13.7. The minimum atomic E-state index is 0.229. The molecule has 0 heterocycles. The van der Waals surface area contributed by atoms with Crippen molar-refractivity contribution in [1.29, 1.82) is 0 Å². The van der Waals surface area contributed by atoms with E-state index in [0.717, 1.165) is 18.6 Å². The lowest BCUT2D eigenvalue weighted by Crippen LogP contribution is -1.98. The predicted octanol–water partition coefficient (Wildman–Crippen LogP) is 4.14. The molecule has 1 N–H and O–H groups in total. The van der Waals surface area contributed by atoms with Gasteiger partial charge in [-0.15, -0.1) is 0 Å². The van der Waals surface area contributed by atoms with Crippen LogP contribution in [0, 0.1) is 0 Å². The number of unbranched alkanes of at least 4 members (excludes halogenated alkanes) is 1. The highest BCUT2D eigenvalue weighted by Gasteiger charge is 2.00. The van der Waals surface area contributed by atoms with E-state index in [0.29, 0.717) is 6.61 Å². The Morgan fingerprint density at radius 2 is 1.45 bits per heavy atom. The number of aliphatic hydroxyl groups excluding tert-OH is 1. The first-order chi connectivity index (χ1) is 9.86. The van der Waals surface area contributed by atoms with E-state index in [2.05, 4.69) is 48.5 Å². The van der Waals surface area contributed by atoms with E-state index >= 15 is 0 Å². The molecule has 102 valence electrons. The topological polar surface area (TPSA) is 29.5 Å². The monoisotopic (exact) mass is 266 g/mol. The molecule has 0 unspecified atom stereocenters. The quantitative estimate of drug-likeness (QED) is 0.555. The second-order valence-electron chi connectivity index (χ2n) is 4.99. The van der Waals surface area contributed by atoms with Crippen molar-refractivity contribution >= 4 is 21.5 Å². The molecule has 0 radical (unpaired) electrons. The standard InChI is InChI=1S/C18H18O2/c19-9-3-4-10-20-18-8-7-16-11-14-5-1-2-6-15(14)12-17(16)13-18/h1-2,5-8,11-13,19H,3-4,9-10H2. The van der Waals surface area contributed by atoms with Gasteiger partial charge in [-0.1, -0.05) is 30.3 Å². The van der Waals surface area contributed by atoms with Gasteiger partial charge in [0.2, 0.25) is 0 Å². The number of hydrogen-bond donors (Lipinski definition) is 1. The van der Waals surface area contributed by atoms with Gasteiger partial charge in [-0.25, -0.2) is 0 Å². The van der Waals surface area contributed by atoms with Gasteiger partial charge in [-0.3, -0.25) is 0 Å². The lowest BCUT2D eigenvalue weighted by Gasteiger charge is -2.08. The van der Waals surface area contributed by atoms with Gasteiger partial charge < -0.3 is 9.84 Å². The summed E-state index contributed by atoms with van der Waals surface area (Å²) < 4.78 is 5.72. The van der Waals surface area contributed by atoms with Gasteiger partial charge in [-0.2, -0.15) is 0 Å². The average molecular weight is 266 g/mol. The summed E-state index contributed by atoms with van der Waals surface area (Å²) in [6.45, 7) is 0.882. The number of benzene rings is 3. The predicted molar refractivity (Wildman–Crippen MR) is 83.3 cm³/mol. The summed E-state index contributed by atoms with van der Waals surface area (Å²) in [7, 11) is 0. The molecule has 3 rings (SSSR count). The van der Waals surface area contributed by atoms with E-state index in [1.165, 1.54) is 21.5 Å². The zero-order valence-electron chi connectivity index (χ0n) is 11.4. The van der Waals surface area contributed by atoms with E-state index in [-0.39, 0.29) is 6.61 Å². The van der Waals surface area contributed by atoms with Crippen molar-refractivity contribution in [2.24, 2.45) is 0 Å². The molecule has 0 fully saturated rings. The fourth-order valence-corrected chi connectivity index (χ4v) is 2.41. The van der Waals surface area contributed by atoms with Crippen molar-refractivity contribution < 1.29 is 9.84 Å². The summed E-state index contributed by atoms with van der Waals surface area (Å²) in [5.74, 6) is 0.894. The van der Waals surface area contributed by atoms with Crippen LogP contribution in [0.2, 0.25) is 0 Å². The van der Waals surface area contributed by atoms with Gasteiger partial charge in [0.15, 0.2) is 0 Å². The number of ether oxygens (including phenoxy) is 1. The van der Waals surface area contributed by atoms with E-state index < -0.39 is 0 Å². The van der Waals surface area contributed by atoms with Crippen LogP contribution in [-0.4, -0.2) is 18.3 Å². The molecule has 0 aromatic heterocycles. The summed E-state index contributed by atoms with van der Waals surface area (Å²) in [6, 6.07) is 19.0. The molecule has 0 aliphatic heterocycles. The highest BCUT2D eigenvalue weighted by molar-refractivity contribution is 5.98. The molecule has 0 aliphatic rings. The molecule has 0 aliphatic carbocycles. The Labute approximate surface area is 118 Å². The van der Waals surface area contributed by atoms with Crippen LogP contribution < -0.4 is 4.74 Å². The van der Waals surface area contributed by atoms with Crippen molar-refractivity contribution in [3.63, 3.8) is 0 Å². The summed E-state index contributed by atoms with van der Waals surface area (Å²) in [5.41, 5.74) is 0. The van der Waals surface area contributed by atoms with E-state index in [4.69, 9.17) is 9.84 Å². The molecule has 0 bridgehead atoms. The molecule has 2 heteroatoms. The van der Waals surface area contributed by atoms with Crippen LogP contribution in [0.1, 0.15) is 12.8 Å². The van der Waals surface area contributed by atoms with Gasteiger partial charge in [0.05, 0.1) is 6.61 Å². The van der Waals surface area contributed by atoms with E-state index in [9.17, 15) is 0 Å². The molecule has 0 atom stereocenters. The molecule has 3 aromatic rings. The van der Waals surface area contributed by atoms with Crippen molar-refractivity contribution in [3.8, 4) is 5.75 Å². The first-order valence-corrected chi connectivity index (χ1v) is 7.03. The zero-order chi connectivity index (χ0) is 13.8. The molecule has 0 spiro atoms. The third-order valence-electron chi connectivity index (χ3n) is 3.50. The Kier molecular flexibility index (Phi) is 3.84. The Balaban J connectivity index is 1.88. The van der Waals surface area contributed by atoms with Crippen LogP contribution in [0.4, 0.5) is 0 Å². The molecule has 2 nitrogen and oxygen atoms in total. The van der Waals surface area contributed by atoms with Gasteiger partial charge in [0.1, 0.15) is 5.75 Å². The van der Waals surface area contributed by atoms with Crippen LogP contribution in [-0.2, 0) is 0 Å². The van der Waals surface area contributed by atoms with Gasteiger partial charge in [-0.05, 0) is 58.7 Å².